The van der Waals surface area contributed by atoms with E-state index in [4.69, 9.17) is 9.15 Å². The van der Waals surface area contributed by atoms with Crippen molar-refractivity contribution in [1.82, 2.24) is 0 Å². The molecule has 2 aromatic rings. The van der Waals surface area contributed by atoms with Gasteiger partial charge in [-0.15, -0.1) is 0 Å². The van der Waals surface area contributed by atoms with Crippen LogP contribution in [0, 0.1) is 0 Å². The van der Waals surface area contributed by atoms with Crippen molar-refractivity contribution in [3.8, 4) is 5.75 Å². The van der Waals surface area contributed by atoms with Crippen molar-refractivity contribution in [2.24, 2.45) is 0 Å². The van der Waals surface area contributed by atoms with Gasteiger partial charge < -0.3 is 9.15 Å². The van der Waals surface area contributed by atoms with Crippen LogP contribution in [0.1, 0.15) is 16.2 Å². The summed E-state index contributed by atoms with van der Waals surface area (Å²) in [6.45, 7) is 0. The maximum atomic E-state index is 5.35. The molecule has 0 aliphatic rings. The molecule has 1 aromatic heterocycles. The maximum Gasteiger partial charge on any atom is 0.133 e. The average Bonchev–Trinajstić information content (AvgIpc) is 2.81. The SMILES string of the molecule is COc1ccc(C(Br)c2ccco2)cc1Br. The summed E-state index contributed by atoms with van der Waals surface area (Å²) in [4.78, 5) is 0.0599. The molecule has 1 heterocycles. The first kappa shape index (κ1) is 11.7. The summed E-state index contributed by atoms with van der Waals surface area (Å²) >= 11 is 7.06. The summed E-state index contributed by atoms with van der Waals surface area (Å²) in [5.41, 5.74) is 1.11. The van der Waals surface area contributed by atoms with Gasteiger partial charge in [0.05, 0.1) is 22.7 Å². The molecule has 0 bridgehead atoms. The molecule has 84 valence electrons. The molecule has 0 saturated carbocycles. The van der Waals surface area contributed by atoms with Gasteiger partial charge in [-0.25, -0.2) is 0 Å². The minimum absolute atomic E-state index is 0.0599. The van der Waals surface area contributed by atoms with Crippen LogP contribution in [-0.4, -0.2) is 7.11 Å². The van der Waals surface area contributed by atoms with Crippen LogP contribution >= 0.6 is 31.9 Å². The molecule has 0 aliphatic heterocycles. The molecule has 2 nitrogen and oxygen atoms in total. The molecule has 2 rings (SSSR count). The van der Waals surface area contributed by atoms with Gasteiger partial charge in [-0.3, -0.25) is 0 Å². The quantitative estimate of drug-likeness (QED) is 0.762. The second-order valence-electron chi connectivity index (χ2n) is 3.27. The highest BCUT2D eigenvalue weighted by molar-refractivity contribution is 9.10. The van der Waals surface area contributed by atoms with E-state index in [1.807, 2.05) is 30.3 Å². The van der Waals surface area contributed by atoms with Crippen LogP contribution in [0.15, 0.2) is 45.5 Å². The Morgan fingerprint density at radius 3 is 2.69 bits per heavy atom. The van der Waals surface area contributed by atoms with Gasteiger partial charge in [-0.1, -0.05) is 22.0 Å². The van der Waals surface area contributed by atoms with Crippen molar-refractivity contribution in [3.63, 3.8) is 0 Å². The van der Waals surface area contributed by atoms with E-state index in [1.165, 1.54) is 0 Å². The van der Waals surface area contributed by atoms with Crippen LogP contribution in [0.25, 0.3) is 0 Å². The average molecular weight is 346 g/mol. The standard InChI is InChI=1S/C12H10Br2O2/c1-15-10-5-4-8(7-9(10)13)12(14)11-3-2-6-16-11/h2-7,12H,1H3. The van der Waals surface area contributed by atoms with Crippen LogP contribution in [0.3, 0.4) is 0 Å². The molecular weight excluding hydrogens is 336 g/mol. The van der Waals surface area contributed by atoms with Gasteiger partial charge in [0.25, 0.3) is 0 Å². The summed E-state index contributed by atoms with van der Waals surface area (Å²) in [6.07, 6.45) is 1.67. The Kier molecular flexibility index (Phi) is 3.71. The molecule has 0 radical (unpaired) electrons. The Bertz CT molecular complexity index is 466. The highest BCUT2D eigenvalue weighted by Gasteiger charge is 2.14. The lowest BCUT2D eigenvalue weighted by Crippen LogP contribution is -1.92. The third-order valence-corrected chi connectivity index (χ3v) is 3.86. The highest BCUT2D eigenvalue weighted by atomic mass is 79.9. The molecule has 0 amide bonds. The monoisotopic (exact) mass is 344 g/mol. The highest BCUT2D eigenvalue weighted by Crippen LogP contribution is 2.35. The van der Waals surface area contributed by atoms with Gasteiger partial charge in [0.1, 0.15) is 11.5 Å². The van der Waals surface area contributed by atoms with E-state index in [2.05, 4.69) is 31.9 Å². The van der Waals surface area contributed by atoms with Crippen molar-refractivity contribution in [1.29, 1.82) is 0 Å². The number of rotatable bonds is 3. The van der Waals surface area contributed by atoms with Crippen molar-refractivity contribution in [3.05, 3.63) is 52.4 Å². The molecule has 0 saturated heterocycles. The Morgan fingerprint density at radius 2 is 2.12 bits per heavy atom. The fourth-order valence-corrected chi connectivity index (χ4v) is 2.54. The number of methoxy groups -OCH3 is 1. The molecule has 1 atom stereocenters. The number of alkyl halides is 1. The van der Waals surface area contributed by atoms with Crippen molar-refractivity contribution in [2.75, 3.05) is 7.11 Å². The number of ether oxygens (including phenoxy) is 1. The normalized spacial score (nSPS) is 12.4. The number of furan rings is 1. The number of hydrogen-bond acceptors (Lipinski definition) is 2. The van der Waals surface area contributed by atoms with Crippen LogP contribution in [0.5, 0.6) is 5.75 Å². The van der Waals surface area contributed by atoms with Crippen LogP contribution in [0.2, 0.25) is 0 Å². The lowest BCUT2D eigenvalue weighted by Gasteiger charge is -2.10. The summed E-state index contributed by atoms with van der Waals surface area (Å²) in [5, 5.41) is 0. The summed E-state index contributed by atoms with van der Waals surface area (Å²) in [6, 6.07) is 9.77. The zero-order chi connectivity index (χ0) is 11.5. The van der Waals surface area contributed by atoms with Crippen LogP contribution in [-0.2, 0) is 0 Å². The Balaban J connectivity index is 2.31. The zero-order valence-corrected chi connectivity index (χ0v) is 11.8. The lowest BCUT2D eigenvalue weighted by molar-refractivity contribution is 0.412. The van der Waals surface area contributed by atoms with E-state index in [0.29, 0.717) is 0 Å². The first-order valence-corrected chi connectivity index (χ1v) is 6.44. The second kappa shape index (κ2) is 5.06. The first-order chi connectivity index (χ1) is 7.72. The Morgan fingerprint density at radius 1 is 1.31 bits per heavy atom. The Hall–Kier alpha value is -0.740. The summed E-state index contributed by atoms with van der Waals surface area (Å²) in [5.74, 6) is 1.71. The molecular formula is C12H10Br2O2. The zero-order valence-electron chi connectivity index (χ0n) is 8.61. The van der Waals surface area contributed by atoms with Gasteiger partial charge in [0.2, 0.25) is 0 Å². The topological polar surface area (TPSA) is 22.4 Å². The summed E-state index contributed by atoms with van der Waals surface area (Å²) in [7, 11) is 1.65. The first-order valence-electron chi connectivity index (χ1n) is 4.73. The van der Waals surface area contributed by atoms with Gasteiger partial charge in [0.15, 0.2) is 0 Å². The maximum absolute atomic E-state index is 5.35. The van der Waals surface area contributed by atoms with E-state index < -0.39 is 0 Å². The van der Waals surface area contributed by atoms with Gasteiger partial charge in [0, 0.05) is 0 Å². The van der Waals surface area contributed by atoms with Crippen molar-refractivity contribution in [2.45, 2.75) is 4.83 Å². The van der Waals surface area contributed by atoms with Crippen LogP contribution in [0.4, 0.5) is 0 Å². The van der Waals surface area contributed by atoms with Gasteiger partial charge in [-0.05, 0) is 45.8 Å². The molecule has 1 aromatic carbocycles. The third kappa shape index (κ3) is 2.33. The molecule has 0 N–H and O–H groups in total. The third-order valence-electron chi connectivity index (χ3n) is 2.26. The fraction of sp³-hybridized carbons (Fsp3) is 0.167. The number of halogens is 2. The summed E-state index contributed by atoms with van der Waals surface area (Å²) < 4.78 is 11.5. The molecule has 0 spiro atoms. The molecule has 16 heavy (non-hydrogen) atoms. The lowest BCUT2D eigenvalue weighted by atomic mass is 10.1. The fourth-order valence-electron chi connectivity index (χ4n) is 1.44. The van der Waals surface area contributed by atoms with Crippen molar-refractivity contribution < 1.29 is 9.15 Å². The van der Waals surface area contributed by atoms with Crippen molar-refractivity contribution >= 4 is 31.9 Å². The minimum atomic E-state index is 0.0599. The molecule has 4 heteroatoms. The minimum Gasteiger partial charge on any atom is -0.496 e. The Labute approximate surface area is 111 Å². The predicted molar refractivity (Wildman–Crippen MR) is 70.2 cm³/mol. The number of benzene rings is 1. The van der Waals surface area contributed by atoms with E-state index in [9.17, 15) is 0 Å². The van der Waals surface area contributed by atoms with Gasteiger partial charge >= 0.3 is 0 Å². The second-order valence-corrected chi connectivity index (χ2v) is 5.04. The van der Waals surface area contributed by atoms with E-state index in [-0.39, 0.29) is 4.83 Å². The van der Waals surface area contributed by atoms with Gasteiger partial charge in [-0.2, -0.15) is 0 Å². The van der Waals surface area contributed by atoms with E-state index in [1.54, 1.807) is 13.4 Å². The molecule has 0 aliphatic carbocycles. The van der Waals surface area contributed by atoms with E-state index >= 15 is 0 Å². The smallest absolute Gasteiger partial charge is 0.133 e. The number of hydrogen-bond donors (Lipinski definition) is 0. The van der Waals surface area contributed by atoms with E-state index in [0.717, 1.165) is 21.5 Å². The molecule has 1 unspecified atom stereocenters. The largest absolute Gasteiger partial charge is 0.496 e. The molecule has 0 fully saturated rings. The predicted octanol–water partition coefficient (Wildman–Crippen LogP) is 4.54. The van der Waals surface area contributed by atoms with Crippen LogP contribution < -0.4 is 4.74 Å².